The van der Waals surface area contributed by atoms with E-state index >= 15 is 0 Å². The molecule has 1 aromatic rings. The molecule has 1 aromatic carbocycles. The Balaban J connectivity index is 1.88. The third-order valence-electron chi connectivity index (χ3n) is 3.73. The number of carbonyl (C=O) groups excluding carboxylic acids is 1. The van der Waals surface area contributed by atoms with Crippen molar-refractivity contribution in [2.45, 2.75) is 44.6 Å². The molecule has 0 aromatic heterocycles. The van der Waals surface area contributed by atoms with Crippen LogP contribution in [0, 0.1) is 0 Å². The molecule has 2 N–H and O–H groups in total. The molecule has 0 saturated carbocycles. The van der Waals surface area contributed by atoms with Crippen LogP contribution in [-0.2, 0) is 4.79 Å². The molecule has 0 aliphatic carbocycles. The Labute approximate surface area is 115 Å². The number of nitrogens with zero attached hydrogens (tertiary/aromatic N) is 1. The highest BCUT2D eigenvalue weighted by atomic mass is 16.2. The summed E-state index contributed by atoms with van der Waals surface area (Å²) in [5, 5.41) is 0. The predicted octanol–water partition coefficient (Wildman–Crippen LogP) is 2.52. The van der Waals surface area contributed by atoms with Gasteiger partial charge in [-0.05, 0) is 38.2 Å². The molecule has 19 heavy (non-hydrogen) atoms. The van der Waals surface area contributed by atoms with Crippen LogP contribution in [0.5, 0.6) is 0 Å². The van der Waals surface area contributed by atoms with Gasteiger partial charge in [0.2, 0.25) is 5.91 Å². The van der Waals surface area contributed by atoms with Gasteiger partial charge in [-0.2, -0.15) is 0 Å². The van der Waals surface area contributed by atoms with E-state index in [1.165, 1.54) is 5.56 Å². The molecule has 0 unspecified atom stereocenters. The summed E-state index contributed by atoms with van der Waals surface area (Å²) in [6, 6.07) is 10.6. The molecule has 1 saturated heterocycles. The minimum absolute atomic E-state index is 0.194. The zero-order valence-corrected chi connectivity index (χ0v) is 11.9. The lowest BCUT2D eigenvalue weighted by molar-refractivity contribution is -0.133. The number of benzene rings is 1. The maximum absolute atomic E-state index is 12.1. The molecule has 2 rings (SSSR count). The van der Waals surface area contributed by atoms with Crippen molar-refractivity contribution in [3.63, 3.8) is 0 Å². The Morgan fingerprint density at radius 3 is 2.37 bits per heavy atom. The predicted molar refractivity (Wildman–Crippen MR) is 77.9 cm³/mol. The summed E-state index contributed by atoms with van der Waals surface area (Å²) in [6.07, 6.45) is 2.55. The Morgan fingerprint density at radius 1 is 1.26 bits per heavy atom. The molecule has 0 atom stereocenters. The number of rotatable bonds is 3. The van der Waals surface area contributed by atoms with Gasteiger partial charge in [-0.15, -0.1) is 0 Å². The average Bonchev–Trinajstić information content (AvgIpc) is 2.38. The third-order valence-corrected chi connectivity index (χ3v) is 3.73. The van der Waals surface area contributed by atoms with Crippen LogP contribution in [0.1, 0.15) is 44.6 Å². The fraction of sp³-hybridized carbons (Fsp3) is 0.562. The molecule has 1 aliphatic rings. The van der Waals surface area contributed by atoms with E-state index in [0.29, 0.717) is 12.3 Å². The van der Waals surface area contributed by atoms with Gasteiger partial charge in [0.25, 0.3) is 0 Å². The van der Waals surface area contributed by atoms with Gasteiger partial charge < -0.3 is 10.6 Å². The monoisotopic (exact) mass is 260 g/mol. The third kappa shape index (κ3) is 4.06. The summed E-state index contributed by atoms with van der Waals surface area (Å²) in [5.41, 5.74) is 6.90. The lowest BCUT2D eigenvalue weighted by Crippen LogP contribution is -2.44. The van der Waals surface area contributed by atoms with E-state index in [1.807, 2.05) is 24.8 Å². The highest BCUT2D eigenvalue weighted by Gasteiger charge is 2.26. The van der Waals surface area contributed by atoms with E-state index < -0.39 is 5.54 Å². The second kappa shape index (κ2) is 5.74. The lowest BCUT2D eigenvalue weighted by atomic mass is 9.89. The average molecular weight is 260 g/mol. The first kappa shape index (κ1) is 14.1. The second-order valence-corrected chi connectivity index (χ2v) is 6.23. The maximum atomic E-state index is 12.1. The molecule has 0 radical (unpaired) electrons. The Bertz CT molecular complexity index is 414. The SMILES string of the molecule is CC(C)(N)CC(=O)N1CCC(c2ccccc2)CC1. The number of amides is 1. The maximum Gasteiger partial charge on any atom is 0.224 e. The summed E-state index contributed by atoms with van der Waals surface area (Å²) in [5.74, 6) is 0.787. The van der Waals surface area contributed by atoms with Crippen LogP contribution in [0.3, 0.4) is 0 Å². The van der Waals surface area contributed by atoms with Crippen LogP contribution < -0.4 is 5.73 Å². The summed E-state index contributed by atoms with van der Waals surface area (Å²) in [4.78, 5) is 14.1. The van der Waals surface area contributed by atoms with Crippen LogP contribution >= 0.6 is 0 Å². The van der Waals surface area contributed by atoms with Crippen molar-refractivity contribution in [1.82, 2.24) is 4.90 Å². The molecule has 3 heteroatoms. The molecule has 0 bridgehead atoms. The zero-order valence-electron chi connectivity index (χ0n) is 11.9. The van der Waals surface area contributed by atoms with E-state index in [1.54, 1.807) is 0 Å². The van der Waals surface area contributed by atoms with Gasteiger partial charge in [0.05, 0.1) is 0 Å². The van der Waals surface area contributed by atoms with E-state index in [4.69, 9.17) is 5.73 Å². The van der Waals surface area contributed by atoms with Crippen molar-refractivity contribution in [1.29, 1.82) is 0 Å². The highest BCUT2D eigenvalue weighted by molar-refractivity contribution is 5.77. The first-order valence-electron chi connectivity index (χ1n) is 7.07. The Kier molecular flexibility index (Phi) is 4.25. The molecular formula is C16H24N2O. The molecule has 3 nitrogen and oxygen atoms in total. The molecule has 0 spiro atoms. The minimum Gasteiger partial charge on any atom is -0.343 e. The fourth-order valence-corrected chi connectivity index (χ4v) is 2.69. The lowest BCUT2D eigenvalue weighted by Gasteiger charge is -2.33. The second-order valence-electron chi connectivity index (χ2n) is 6.23. The minimum atomic E-state index is -0.409. The number of likely N-dealkylation sites (tertiary alicyclic amines) is 1. The van der Waals surface area contributed by atoms with Gasteiger partial charge in [0.15, 0.2) is 0 Å². The summed E-state index contributed by atoms with van der Waals surface area (Å²) in [6.45, 7) is 5.52. The molecule has 1 heterocycles. The van der Waals surface area contributed by atoms with Crippen molar-refractivity contribution in [2.24, 2.45) is 5.73 Å². The number of hydrogen-bond donors (Lipinski definition) is 1. The fourth-order valence-electron chi connectivity index (χ4n) is 2.69. The van der Waals surface area contributed by atoms with E-state index in [0.717, 1.165) is 25.9 Å². The van der Waals surface area contributed by atoms with Crippen molar-refractivity contribution in [2.75, 3.05) is 13.1 Å². The normalized spacial score (nSPS) is 17.5. The topological polar surface area (TPSA) is 46.3 Å². The first-order valence-corrected chi connectivity index (χ1v) is 7.07. The van der Waals surface area contributed by atoms with Gasteiger partial charge in [0, 0.05) is 25.0 Å². The molecule has 104 valence electrons. The van der Waals surface area contributed by atoms with Crippen LogP contribution in [0.4, 0.5) is 0 Å². The Hall–Kier alpha value is -1.35. The van der Waals surface area contributed by atoms with Crippen LogP contribution in [0.25, 0.3) is 0 Å². The van der Waals surface area contributed by atoms with Gasteiger partial charge in [-0.1, -0.05) is 30.3 Å². The first-order chi connectivity index (χ1) is 8.96. The smallest absolute Gasteiger partial charge is 0.224 e. The van der Waals surface area contributed by atoms with Crippen LogP contribution in [0.2, 0.25) is 0 Å². The van der Waals surface area contributed by atoms with Crippen molar-refractivity contribution in [3.05, 3.63) is 35.9 Å². The van der Waals surface area contributed by atoms with E-state index in [2.05, 4.69) is 24.3 Å². The largest absolute Gasteiger partial charge is 0.343 e. The standard InChI is InChI=1S/C16H24N2O/c1-16(2,17)12-15(19)18-10-8-14(9-11-18)13-6-4-3-5-7-13/h3-7,14H,8-12,17H2,1-2H3. The molecular weight excluding hydrogens is 236 g/mol. The summed E-state index contributed by atoms with van der Waals surface area (Å²) >= 11 is 0. The summed E-state index contributed by atoms with van der Waals surface area (Å²) in [7, 11) is 0. The van der Waals surface area contributed by atoms with Crippen LogP contribution in [-0.4, -0.2) is 29.4 Å². The zero-order chi connectivity index (χ0) is 13.9. The van der Waals surface area contributed by atoms with Gasteiger partial charge in [-0.25, -0.2) is 0 Å². The quantitative estimate of drug-likeness (QED) is 0.907. The number of carbonyl (C=O) groups is 1. The number of piperidine rings is 1. The van der Waals surface area contributed by atoms with Gasteiger partial charge in [0.1, 0.15) is 0 Å². The Morgan fingerprint density at radius 2 is 1.84 bits per heavy atom. The molecule has 1 fully saturated rings. The molecule has 1 aliphatic heterocycles. The number of hydrogen-bond acceptors (Lipinski definition) is 2. The molecule has 1 amide bonds. The van der Waals surface area contributed by atoms with Gasteiger partial charge >= 0.3 is 0 Å². The van der Waals surface area contributed by atoms with Crippen LogP contribution in [0.15, 0.2) is 30.3 Å². The van der Waals surface area contributed by atoms with E-state index in [9.17, 15) is 4.79 Å². The van der Waals surface area contributed by atoms with E-state index in [-0.39, 0.29) is 5.91 Å². The van der Waals surface area contributed by atoms with Gasteiger partial charge in [-0.3, -0.25) is 4.79 Å². The van der Waals surface area contributed by atoms with Crippen molar-refractivity contribution in [3.8, 4) is 0 Å². The highest BCUT2D eigenvalue weighted by Crippen LogP contribution is 2.28. The van der Waals surface area contributed by atoms with Crippen molar-refractivity contribution >= 4 is 5.91 Å². The summed E-state index contributed by atoms with van der Waals surface area (Å²) < 4.78 is 0. The number of nitrogens with two attached hydrogens (primary N) is 1. The van der Waals surface area contributed by atoms with Crippen molar-refractivity contribution < 1.29 is 4.79 Å².